The Morgan fingerprint density at radius 2 is 1.16 bits per heavy atom. The summed E-state index contributed by atoms with van der Waals surface area (Å²) in [7, 11) is 0. The molecule has 7 rings (SSSR count). The van der Waals surface area contributed by atoms with Crippen molar-refractivity contribution in [3.63, 3.8) is 0 Å². The molecule has 0 aromatic heterocycles. The van der Waals surface area contributed by atoms with Gasteiger partial charge in [-0.25, -0.2) is 4.85 Å². The number of benzene rings is 7. The van der Waals surface area contributed by atoms with Crippen LogP contribution < -0.4 is 4.90 Å². The molecule has 3 heteroatoms. The number of rotatable bonds is 5. The van der Waals surface area contributed by atoms with Crippen LogP contribution in [0.15, 0.2) is 140 Å². The number of nitrogens with zero attached hydrogens (tertiary/aromatic N) is 3. The van der Waals surface area contributed by atoms with Gasteiger partial charge in [0.15, 0.2) is 0 Å². The Kier molecular flexibility index (Phi) is 6.61. The molecular formula is C40H25N3. The Balaban J connectivity index is 1.26. The van der Waals surface area contributed by atoms with E-state index in [9.17, 15) is 5.26 Å². The van der Waals surface area contributed by atoms with E-state index in [4.69, 9.17) is 6.57 Å². The van der Waals surface area contributed by atoms with Crippen LogP contribution in [-0.2, 0) is 0 Å². The summed E-state index contributed by atoms with van der Waals surface area (Å²) in [6.07, 6.45) is 4.14. The summed E-state index contributed by atoms with van der Waals surface area (Å²) in [4.78, 5) is 6.16. The van der Waals surface area contributed by atoms with Gasteiger partial charge in [0.05, 0.1) is 17.8 Å². The van der Waals surface area contributed by atoms with Crippen LogP contribution in [0.25, 0.3) is 49.3 Å². The van der Waals surface area contributed by atoms with Crippen molar-refractivity contribution in [2.75, 3.05) is 4.90 Å². The second-order valence-corrected chi connectivity index (χ2v) is 10.4. The largest absolute Gasteiger partial charge is 0.310 e. The summed E-state index contributed by atoms with van der Waals surface area (Å²) in [5, 5.41) is 15.6. The predicted molar refractivity (Wildman–Crippen MR) is 180 cm³/mol. The van der Waals surface area contributed by atoms with Gasteiger partial charge in [-0.2, -0.15) is 5.26 Å². The van der Waals surface area contributed by atoms with Gasteiger partial charge in [0.1, 0.15) is 6.07 Å². The van der Waals surface area contributed by atoms with E-state index in [0.717, 1.165) is 49.7 Å². The summed E-state index contributed by atoms with van der Waals surface area (Å²) in [5.74, 6) is 0. The fourth-order valence-corrected chi connectivity index (χ4v) is 5.85. The predicted octanol–water partition coefficient (Wildman–Crippen LogP) is 11.2. The maximum Gasteiger partial charge on any atom is 0.202 e. The number of hydrogen-bond acceptors (Lipinski definition) is 2. The van der Waals surface area contributed by atoms with Crippen LogP contribution in [0.2, 0.25) is 0 Å². The molecule has 3 nitrogen and oxygen atoms in total. The van der Waals surface area contributed by atoms with E-state index in [1.54, 1.807) is 0 Å². The van der Waals surface area contributed by atoms with Gasteiger partial charge in [0.25, 0.3) is 0 Å². The van der Waals surface area contributed by atoms with Crippen molar-refractivity contribution >= 4 is 67.2 Å². The summed E-state index contributed by atoms with van der Waals surface area (Å²) < 4.78 is 0. The molecule has 200 valence electrons. The third kappa shape index (κ3) is 4.66. The molecule has 0 atom stereocenters. The summed E-state index contributed by atoms with van der Waals surface area (Å²) in [6, 6.07) is 49.9. The SMILES string of the molecule is [C-]#[N+]c1c2ccccc2c(C#N)c2ccc(/C=C\c3ccc(N(c4ccccc4)c4cccc5ccccc45)cc3)cc12. The molecule has 0 aliphatic carbocycles. The molecule has 7 aromatic rings. The molecule has 0 saturated carbocycles. The van der Waals surface area contributed by atoms with Gasteiger partial charge in [0, 0.05) is 16.8 Å². The topological polar surface area (TPSA) is 31.4 Å². The minimum atomic E-state index is 0.582. The van der Waals surface area contributed by atoms with Gasteiger partial charge >= 0.3 is 0 Å². The van der Waals surface area contributed by atoms with Crippen LogP contribution in [0.3, 0.4) is 0 Å². The molecule has 0 amide bonds. The highest BCUT2D eigenvalue weighted by molar-refractivity contribution is 6.15. The van der Waals surface area contributed by atoms with Crippen molar-refractivity contribution in [1.29, 1.82) is 5.26 Å². The molecule has 0 radical (unpaired) electrons. The third-order valence-corrected chi connectivity index (χ3v) is 7.88. The summed E-state index contributed by atoms with van der Waals surface area (Å²) in [5.41, 5.74) is 6.53. The lowest BCUT2D eigenvalue weighted by Crippen LogP contribution is -2.10. The quantitative estimate of drug-likeness (QED) is 0.122. The van der Waals surface area contributed by atoms with E-state index < -0.39 is 0 Å². The molecule has 0 fully saturated rings. The van der Waals surface area contributed by atoms with Gasteiger partial charge in [-0.05, 0) is 68.4 Å². The summed E-state index contributed by atoms with van der Waals surface area (Å²) in [6.45, 7) is 7.89. The monoisotopic (exact) mass is 547 g/mol. The van der Waals surface area contributed by atoms with Gasteiger partial charge in [-0.15, -0.1) is 0 Å². The van der Waals surface area contributed by atoms with Crippen molar-refractivity contribution in [2.24, 2.45) is 0 Å². The first-order valence-corrected chi connectivity index (χ1v) is 14.1. The van der Waals surface area contributed by atoms with E-state index in [1.165, 1.54) is 10.8 Å². The van der Waals surface area contributed by atoms with E-state index >= 15 is 0 Å². The van der Waals surface area contributed by atoms with E-state index in [1.807, 2.05) is 48.5 Å². The highest BCUT2D eigenvalue weighted by Crippen LogP contribution is 2.40. The zero-order valence-corrected chi connectivity index (χ0v) is 23.3. The van der Waals surface area contributed by atoms with E-state index in [0.29, 0.717) is 11.3 Å². The van der Waals surface area contributed by atoms with Crippen LogP contribution in [0.4, 0.5) is 22.7 Å². The minimum absolute atomic E-state index is 0.582. The standard InChI is InChI=1S/C40H25N3/c1-42-40-36-16-8-7-15-34(36)38(27-41)35-25-22-29(26-37(35)40)19-18-28-20-23-32(24-21-28)43(31-12-3-2-4-13-31)39-17-9-11-30-10-5-6-14-33(30)39/h2-26H/b19-18-. The Hall–Kier alpha value is -6.16. The zero-order valence-electron chi connectivity index (χ0n) is 23.3. The molecule has 43 heavy (non-hydrogen) atoms. The first kappa shape index (κ1) is 25.8. The van der Waals surface area contributed by atoms with Crippen LogP contribution in [0.5, 0.6) is 0 Å². The maximum atomic E-state index is 9.93. The second kappa shape index (κ2) is 11.0. The molecule has 0 saturated heterocycles. The lowest BCUT2D eigenvalue weighted by Gasteiger charge is -2.27. The lowest BCUT2D eigenvalue weighted by molar-refractivity contribution is 1.30. The molecule has 0 aliphatic heterocycles. The van der Waals surface area contributed by atoms with Gasteiger partial charge in [-0.3, -0.25) is 0 Å². The van der Waals surface area contributed by atoms with E-state index in [2.05, 4.69) is 119 Å². The first-order chi connectivity index (χ1) is 21.2. The smallest absolute Gasteiger partial charge is 0.202 e. The molecular weight excluding hydrogens is 522 g/mol. The number of anilines is 3. The van der Waals surface area contributed by atoms with Crippen LogP contribution in [-0.4, -0.2) is 0 Å². The first-order valence-electron chi connectivity index (χ1n) is 14.1. The second-order valence-electron chi connectivity index (χ2n) is 10.4. The van der Waals surface area contributed by atoms with Crippen molar-refractivity contribution in [3.05, 3.63) is 168 Å². The zero-order chi connectivity index (χ0) is 29.2. The minimum Gasteiger partial charge on any atom is -0.310 e. The molecule has 0 N–H and O–H groups in total. The maximum absolute atomic E-state index is 9.93. The van der Waals surface area contributed by atoms with Crippen molar-refractivity contribution in [1.82, 2.24) is 0 Å². The number of nitriles is 1. The summed E-state index contributed by atoms with van der Waals surface area (Å²) >= 11 is 0. The number of para-hydroxylation sites is 1. The van der Waals surface area contributed by atoms with Gasteiger partial charge in [0.2, 0.25) is 5.69 Å². The molecule has 0 unspecified atom stereocenters. The van der Waals surface area contributed by atoms with Crippen LogP contribution in [0, 0.1) is 17.9 Å². The van der Waals surface area contributed by atoms with Gasteiger partial charge < -0.3 is 4.90 Å². The molecule has 0 spiro atoms. The molecule has 7 aromatic carbocycles. The Bertz CT molecular complexity index is 2240. The molecule has 0 heterocycles. The average Bonchev–Trinajstić information content (AvgIpc) is 3.07. The highest BCUT2D eigenvalue weighted by atomic mass is 15.1. The fraction of sp³-hybridized carbons (Fsp3) is 0. The normalized spacial score (nSPS) is 11.1. The number of fused-ring (bicyclic) bond motifs is 3. The van der Waals surface area contributed by atoms with Crippen LogP contribution in [0.1, 0.15) is 16.7 Å². The lowest BCUT2D eigenvalue weighted by atomic mass is 9.94. The van der Waals surface area contributed by atoms with Crippen molar-refractivity contribution in [2.45, 2.75) is 0 Å². The van der Waals surface area contributed by atoms with Crippen molar-refractivity contribution < 1.29 is 0 Å². The fourth-order valence-electron chi connectivity index (χ4n) is 5.85. The molecule has 0 aliphatic rings. The third-order valence-electron chi connectivity index (χ3n) is 7.88. The highest BCUT2D eigenvalue weighted by Gasteiger charge is 2.15. The van der Waals surface area contributed by atoms with Crippen LogP contribution >= 0.6 is 0 Å². The number of hydrogen-bond donors (Lipinski definition) is 0. The Morgan fingerprint density at radius 3 is 1.93 bits per heavy atom. The Labute approximate surface area is 250 Å². The van der Waals surface area contributed by atoms with E-state index in [-0.39, 0.29) is 0 Å². The van der Waals surface area contributed by atoms with Crippen molar-refractivity contribution in [3.8, 4) is 6.07 Å². The molecule has 0 bridgehead atoms. The average molecular weight is 548 g/mol. The van der Waals surface area contributed by atoms with Gasteiger partial charge in [-0.1, -0.05) is 121 Å². The Morgan fingerprint density at radius 1 is 0.558 bits per heavy atom.